The fourth-order valence-electron chi connectivity index (χ4n) is 2.31. The molecule has 0 spiro atoms. The van der Waals surface area contributed by atoms with Crippen LogP contribution in [0.5, 0.6) is 0 Å². The van der Waals surface area contributed by atoms with E-state index in [1.807, 2.05) is 6.92 Å². The van der Waals surface area contributed by atoms with E-state index in [9.17, 15) is 18.3 Å². The number of carboxylic acids is 1. The molecule has 16 heavy (non-hydrogen) atoms. The summed E-state index contributed by atoms with van der Waals surface area (Å²) in [6.45, 7) is 1.82. The molecule has 0 aromatic carbocycles. The predicted molar refractivity (Wildman–Crippen MR) is 58.9 cm³/mol. The largest absolute Gasteiger partial charge is 0.481 e. The maximum absolute atomic E-state index is 11.4. The number of sulfone groups is 1. The van der Waals surface area contributed by atoms with Gasteiger partial charge in [-0.05, 0) is 19.3 Å². The Morgan fingerprint density at radius 2 is 2.12 bits per heavy atom. The second kappa shape index (κ2) is 4.71. The lowest BCUT2D eigenvalue weighted by Crippen LogP contribution is -2.50. The fraction of sp³-hybridized carbons (Fsp3) is 0.900. The molecule has 5 nitrogen and oxygen atoms in total. The van der Waals surface area contributed by atoms with Gasteiger partial charge in [0, 0.05) is 0 Å². The maximum Gasteiger partial charge on any atom is 0.309 e. The van der Waals surface area contributed by atoms with E-state index in [0.717, 1.165) is 0 Å². The van der Waals surface area contributed by atoms with Crippen LogP contribution >= 0.6 is 0 Å². The summed E-state index contributed by atoms with van der Waals surface area (Å²) in [4.78, 5) is 11.1. The van der Waals surface area contributed by atoms with Crippen molar-refractivity contribution in [2.45, 2.75) is 38.2 Å². The van der Waals surface area contributed by atoms with Gasteiger partial charge in [0.15, 0.2) is 9.84 Å². The van der Waals surface area contributed by atoms with Crippen LogP contribution in [0.3, 0.4) is 0 Å². The van der Waals surface area contributed by atoms with Gasteiger partial charge in [-0.15, -0.1) is 0 Å². The van der Waals surface area contributed by atoms with Crippen molar-refractivity contribution >= 4 is 15.8 Å². The van der Waals surface area contributed by atoms with E-state index in [4.69, 9.17) is 5.11 Å². The summed E-state index contributed by atoms with van der Waals surface area (Å²) in [6, 6.07) is 0. The topological polar surface area (TPSA) is 91.7 Å². The lowest BCUT2D eigenvalue weighted by molar-refractivity contribution is -0.151. The van der Waals surface area contributed by atoms with Crippen LogP contribution in [0, 0.1) is 5.92 Å². The molecule has 0 amide bonds. The molecule has 0 aromatic rings. The Balaban J connectivity index is 2.93. The van der Waals surface area contributed by atoms with Crippen molar-refractivity contribution in [1.29, 1.82) is 0 Å². The minimum absolute atomic E-state index is 0.0494. The number of aliphatic carboxylic acids is 1. The molecule has 2 unspecified atom stereocenters. The highest BCUT2D eigenvalue weighted by molar-refractivity contribution is 7.91. The quantitative estimate of drug-likeness (QED) is 0.754. The molecule has 1 heterocycles. The first-order valence-corrected chi connectivity index (χ1v) is 7.28. The Kier molecular flexibility index (Phi) is 3.96. The molecule has 0 aliphatic carbocycles. The fourth-order valence-corrected chi connectivity index (χ4v) is 4.14. The zero-order valence-electron chi connectivity index (χ0n) is 9.35. The summed E-state index contributed by atoms with van der Waals surface area (Å²) in [6.07, 6.45) is 1.51. The zero-order chi connectivity index (χ0) is 12.4. The number of hydrogen-bond donors (Lipinski definition) is 2. The summed E-state index contributed by atoms with van der Waals surface area (Å²) in [5.74, 6) is -2.46. The highest BCUT2D eigenvalue weighted by Gasteiger charge is 2.46. The minimum Gasteiger partial charge on any atom is -0.481 e. The van der Waals surface area contributed by atoms with Crippen molar-refractivity contribution in [2.75, 3.05) is 11.5 Å². The third-order valence-electron chi connectivity index (χ3n) is 3.06. The van der Waals surface area contributed by atoms with Gasteiger partial charge in [0.25, 0.3) is 0 Å². The van der Waals surface area contributed by atoms with Crippen LogP contribution in [0.2, 0.25) is 0 Å². The van der Waals surface area contributed by atoms with Gasteiger partial charge >= 0.3 is 5.97 Å². The third kappa shape index (κ3) is 2.95. The number of carbonyl (C=O) groups is 1. The highest BCUT2D eigenvalue weighted by Crippen LogP contribution is 2.33. The molecule has 0 radical (unpaired) electrons. The third-order valence-corrected chi connectivity index (χ3v) is 4.91. The predicted octanol–water partition coefficient (Wildman–Crippen LogP) is 0.427. The van der Waals surface area contributed by atoms with Crippen molar-refractivity contribution in [3.05, 3.63) is 0 Å². The van der Waals surface area contributed by atoms with E-state index in [1.165, 1.54) is 0 Å². The molecular formula is C10H18O5S. The van der Waals surface area contributed by atoms with Gasteiger partial charge < -0.3 is 10.2 Å². The average Bonchev–Trinajstić information content (AvgIpc) is 2.11. The molecule has 2 atom stereocenters. The summed E-state index contributed by atoms with van der Waals surface area (Å²) >= 11 is 0. The maximum atomic E-state index is 11.4. The minimum atomic E-state index is -3.30. The molecule has 1 fully saturated rings. The Morgan fingerprint density at radius 3 is 2.56 bits per heavy atom. The molecule has 1 saturated heterocycles. The van der Waals surface area contributed by atoms with Gasteiger partial charge in [0.05, 0.1) is 23.0 Å². The van der Waals surface area contributed by atoms with Crippen molar-refractivity contribution in [3.63, 3.8) is 0 Å². The van der Waals surface area contributed by atoms with Crippen molar-refractivity contribution < 1.29 is 23.4 Å². The molecule has 1 aliphatic heterocycles. The van der Waals surface area contributed by atoms with E-state index in [-0.39, 0.29) is 12.2 Å². The normalized spacial score (nSPS) is 30.9. The Bertz CT molecular complexity index is 361. The number of rotatable bonds is 4. The monoisotopic (exact) mass is 250 g/mol. The van der Waals surface area contributed by atoms with Crippen LogP contribution in [-0.2, 0) is 14.6 Å². The average molecular weight is 250 g/mol. The van der Waals surface area contributed by atoms with Gasteiger partial charge in [0.2, 0.25) is 0 Å². The summed E-state index contributed by atoms with van der Waals surface area (Å²) < 4.78 is 22.9. The molecule has 1 aliphatic rings. The second-order valence-corrected chi connectivity index (χ2v) is 6.66. The number of carboxylic acid groups (broad SMARTS) is 1. The van der Waals surface area contributed by atoms with Gasteiger partial charge in [0.1, 0.15) is 0 Å². The summed E-state index contributed by atoms with van der Waals surface area (Å²) in [5, 5.41) is 19.2. The first-order chi connectivity index (χ1) is 7.31. The van der Waals surface area contributed by atoms with E-state index in [0.29, 0.717) is 19.3 Å². The Morgan fingerprint density at radius 1 is 1.50 bits per heavy atom. The zero-order valence-corrected chi connectivity index (χ0v) is 10.2. The van der Waals surface area contributed by atoms with Gasteiger partial charge in [-0.3, -0.25) is 4.79 Å². The van der Waals surface area contributed by atoms with Crippen molar-refractivity contribution in [3.8, 4) is 0 Å². The van der Waals surface area contributed by atoms with Crippen LogP contribution < -0.4 is 0 Å². The van der Waals surface area contributed by atoms with Crippen LogP contribution in [0.15, 0.2) is 0 Å². The Labute approximate surface area is 95.4 Å². The van der Waals surface area contributed by atoms with Crippen molar-refractivity contribution in [2.24, 2.45) is 5.92 Å². The van der Waals surface area contributed by atoms with Crippen molar-refractivity contribution in [1.82, 2.24) is 0 Å². The number of aliphatic hydroxyl groups is 1. The first kappa shape index (κ1) is 13.4. The van der Waals surface area contributed by atoms with Crippen LogP contribution in [0.1, 0.15) is 32.6 Å². The standard InChI is InChI=1S/C10H18O5S/c1-2-4-8(9(11)12)10(13)5-3-6-16(14,15)7-10/h8,13H,2-7H2,1H3,(H,11,12). The lowest BCUT2D eigenvalue weighted by Gasteiger charge is -2.36. The molecule has 1 rings (SSSR count). The van der Waals surface area contributed by atoms with Crippen LogP contribution in [-0.4, -0.2) is 41.7 Å². The molecule has 0 bridgehead atoms. The Hall–Kier alpha value is -0.620. The SMILES string of the molecule is CCCC(C(=O)O)C1(O)CCCS(=O)(=O)C1. The second-order valence-electron chi connectivity index (χ2n) is 4.48. The van der Waals surface area contributed by atoms with Gasteiger partial charge in [-0.2, -0.15) is 0 Å². The lowest BCUT2D eigenvalue weighted by atomic mass is 9.82. The van der Waals surface area contributed by atoms with Crippen LogP contribution in [0.25, 0.3) is 0 Å². The molecule has 6 heteroatoms. The van der Waals surface area contributed by atoms with Gasteiger partial charge in [-0.1, -0.05) is 13.3 Å². The summed E-state index contributed by atoms with van der Waals surface area (Å²) in [5.41, 5.74) is -1.58. The van der Waals surface area contributed by atoms with E-state index < -0.39 is 33.1 Å². The first-order valence-electron chi connectivity index (χ1n) is 5.46. The molecule has 94 valence electrons. The smallest absolute Gasteiger partial charge is 0.309 e. The van der Waals surface area contributed by atoms with Gasteiger partial charge in [-0.25, -0.2) is 8.42 Å². The highest BCUT2D eigenvalue weighted by atomic mass is 32.2. The molecule has 2 N–H and O–H groups in total. The van der Waals surface area contributed by atoms with E-state index in [2.05, 4.69) is 0 Å². The summed E-state index contributed by atoms with van der Waals surface area (Å²) in [7, 11) is -3.30. The van der Waals surface area contributed by atoms with E-state index >= 15 is 0 Å². The number of hydrogen-bond acceptors (Lipinski definition) is 4. The molecular weight excluding hydrogens is 232 g/mol. The molecule has 0 aromatic heterocycles. The van der Waals surface area contributed by atoms with E-state index in [1.54, 1.807) is 0 Å². The molecule has 0 saturated carbocycles. The van der Waals surface area contributed by atoms with Crippen LogP contribution in [0.4, 0.5) is 0 Å².